The number of hydrogen-bond donors (Lipinski definition) is 1. The molecular weight excluding hydrogens is 461 g/mol. The van der Waals surface area contributed by atoms with Crippen molar-refractivity contribution in [2.24, 2.45) is 0 Å². The predicted octanol–water partition coefficient (Wildman–Crippen LogP) is 7.58. The molecule has 1 N–H and O–H groups in total. The second-order valence-corrected chi connectivity index (χ2v) is 13.2. The van der Waals surface area contributed by atoms with Crippen molar-refractivity contribution in [2.75, 3.05) is 60.8 Å². The summed E-state index contributed by atoms with van der Waals surface area (Å²) in [5.74, 6) is 0. The lowest BCUT2D eigenvalue weighted by Gasteiger charge is -2.24. The maximum Gasteiger partial charge on any atom is 0.328 e. The van der Waals surface area contributed by atoms with Gasteiger partial charge in [0.15, 0.2) is 0 Å². The molecule has 0 bridgehead atoms. The van der Waals surface area contributed by atoms with Crippen LogP contribution in [-0.2, 0) is 18.6 Å². The average molecular weight is 523 g/mol. The Balaban J connectivity index is 3.49. The summed E-state index contributed by atoms with van der Waals surface area (Å²) < 4.78 is 29.3. The smallest absolute Gasteiger partial charge is 0.328 e. The highest BCUT2D eigenvalue weighted by molar-refractivity contribution is 7.52. The molecule has 0 heterocycles. The third-order valence-electron chi connectivity index (χ3n) is 6.51. The maximum atomic E-state index is 12.2. The van der Waals surface area contributed by atoms with Crippen LogP contribution in [0.2, 0.25) is 0 Å². The van der Waals surface area contributed by atoms with E-state index in [-0.39, 0.29) is 18.9 Å². The van der Waals surface area contributed by atoms with Gasteiger partial charge in [0, 0.05) is 20.1 Å². The van der Waals surface area contributed by atoms with Crippen LogP contribution in [0.4, 0.5) is 0 Å². The van der Waals surface area contributed by atoms with E-state index in [1.54, 1.807) is 7.11 Å². The van der Waals surface area contributed by atoms with E-state index in [1.807, 2.05) is 0 Å². The van der Waals surface area contributed by atoms with E-state index in [0.717, 1.165) is 17.4 Å². The molecule has 0 aliphatic rings. The summed E-state index contributed by atoms with van der Waals surface area (Å²) in [6.07, 6.45) is 22.3. The molecule has 0 aromatic rings. The minimum Gasteiger partial charge on any atom is -0.379 e. The molecule has 0 amide bonds. The molecule has 0 saturated carbocycles. The Kier molecular flexibility index (Phi) is 23.2. The Morgan fingerprint density at radius 3 is 1.60 bits per heavy atom. The molecule has 35 heavy (non-hydrogen) atoms. The standard InChI is InChI=1S/C28H60NO5P/c1-6-7-8-9-10-11-12-13-14-15-16-17-18-19-20-21-24-33-26-28(32-5)27-34-35(30,31)25-22-23-29(2,3)4/h28H,6-27H2,1-5H3/p+1. The minimum absolute atomic E-state index is 0.0909. The Morgan fingerprint density at radius 1 is 0.714 bits per heavy atom. The largest absolute Gasteiger partial charge is 0.379 e. The van der Waals surface area contributed by atoms with Gasteiger partial charge in [-0.25, -0.2) is 0 Å². The van der Waals surface area contributed by atoms with Crippen molar-refractivity contribution in [1.29, 1.82) is 0 Å². The Labute approximate surface area is 218 Å². The van der Waals surface area contributed by atoms with Gasteiger partial charge in [0.1, 0.15) is 6.10 Å². The number of unbranched alkanes of at least 4 members (excludes halogenated alkanes) is 15. The maximum absolute atomic E-state index is 12.2. The normalized spacial score (nSPS) is 14.8. The fourth-order valence-electron chi connectivity index (χ4n) is 4.16. The van der Waals surface area contributed by atoms with Gasteiger partial charge in [0.2, 0.25) is 0 Å². The van der Waals surface area contributed by atoms with Crippen molar-refractivity contribution in [3.05, 3.63) is 0 Å². The van der Waals surface area contributed by atoms with Gasteiger partial charge in [0.05, 0.1) is 47.1 Å². The van der Waals surface area contributed by atoms with Gasteiger partial charge in [-0.2, -0.15) is 0 Å². The molecular formula is C28H61NO5P+. The third kappa shape index (κ3) is 26.9. The number of methoxy groups -OCH3 is 1. The molecule has 0 fully saturated rings. The molecule has 0 rings (SSSR count). The van der Waals surface area contributed by atoms with Crippen LogP contribution in [0.3, 0.4) is 0 Å². The quantitative estimate of drug-likeness (QED) is 0.0684. The lowest BCUT2D eigenvalue weighted by Crippen LogP contribution is -2.35. The summed E-state index contributed by atoms with van der Waals surface area (Å²) >= 11 is 0. The fraction of sp³-hybridized carbons (Fsp3) is 1.00. The topological polar surface area (TPSA) is 65.0 Å². The molecule has 0 saturated heterocycles. The predicted molar refractivity (Wildman–Crippen MR) is 149 cm³/mol. The van der Waals surface area contributed by atoms with E-state index in [1.165, 1.54) is 96.3 Å². The fourth-order valence-corrected chi connectivity index (χ4v) is 5.23. The van der Waals surface area contributed by atoms with Gasteiger partial charge in [-0.1, -0.05) is 103 Å². The first-order valence-corrected chi connectivity index (χ1v) is 16.3. The molecule has 7 heteroatoms. The second-order valence-electron chi connectivity index (χ2n) is 11.3. The Bertz CT molecular complexity index is 498. The molecule has 0 radical (unpaired) electrons. The van der Waals surface area contributed by atoms with Crippen LogP contribution in [0.25, 0.3) is 0 Å². The van der Waals surface area contributed by atoms with Crippen LogP contribution in [0.15, 0.2) is 0 Å². The molecule has 0 aliphatic heterocycles. The van der Waals surface area contributed by atoms with E-state index in [0.29, 0.717) is 19.6 Å². The number of rotatable bonds is 27. The first-order chi connectivity index (χ1) is 16.7. The zero-order chi connectivity index (χ0) is 26.3. The van der Waals surface area contributed by atoms with Crippen LogP contribution >= 0.6 is 7.60 Å². The Morgan fingerprint density at radius 2 is 1.17 bits per heavy atom. The van der Waals surface area contributed by atoms with E-state index >= 15 is 0 Å². The first-order valence-electron chi connectivity index (χ1n) is 14.6. The molecule has 212 valence electrons. The van der Waals surface area contributed by atoms with Gasteiger partial charge in [-0.15, -0.1) is 0 Å². The monoisotopic (exact) mass is 522 g/mol. The van der Waals surface area contributed by atoms with E-state index < -0.39 is 7.60 Å². The van der Waals surface area contributed by atoms with Crippen molar-refractivity contribution in [1.82, 2.24) is 0 Å². The minimum atomic E-state index is -3.57. The third-order valence-corrected chi connectivity index (χ3v) is 7.94. The van der Waals surface area contributed by atoms with Crippen molar-refractivity contribution < 1.29 is 27.9 Å². The van der Waals surface area contributed by atoms with Crippen LogP contribution in [0.5, 0.6) is 0 Å². The van der Waals surface area contributed by atoms with Crippen LogP contribution < -0.4 is 0 Å². The average Bonchev–Trinajstić information content (AvgIpc) is 2.79. The first kappa shape index (κ1) is 35.0. The summed E-state index contributed by atoms with van der Waals surface area (Å²) in [6, 6.07) is 0. The van der Waals surface area contributed by atoms with Crippen molar-refractivity contribution in [3.8, 4) is 0 Å². The second kappa shape index (κ2) is 23.2. The van der Waals surface area contributed by atoms with Gasteiger partial charge in [-0.05, 0) is 6.42 Å². The van der Waals surface area contributed by atoms with Crippen LogP contribution in [0.1, 0.15) is 116 Å². The van der Waals surface area contributed by atoms with Gasteiger partial charge in [0.25, 0.3) is 0 Å². The molecule has 0 aliphatic carbocycles. The van der Waals surface area contributed by atoms with Gasteiger partial charge < -0.3 is 23.4 Å². The van der Waals surface area contributed by atoms with E-state index in [2.05, 4.69) is 28.1 Å². The molecule has 2 unspecified atom stereocenters. The van der Waals surface area contributed by atoms with Crippen LogP contribution in [0, 0.1) is 0 Å². The summed E-state index contributed by atoms with van der Waals surface area (Å²) in [7, 11) is 4.23. The molecule has 0 aromatic heterocycles. The molecule has 2 atom stereocenters. The van der Waals surface area contributed by atoms with Crippen molar-refractivity contribution in [2.45, 2.75) is 122 Å². The summed E-state index contributed by atoms with van der Waals surface area (Å²) in [5.41, 5.74) is 0. The Hall–Kier alpha value is 0.0300. The molecule has 6 nitrogen and oxygen atoms in total. The molecule has 0 spiro atoms. The van der Waals surface area contributed by atoms with E-state index in [9.17, 15) is 9.46 Å². The van der Waals surface area contributed by atoms with Crippen molar-refractivity contribution in [3.63, 3.8) is 0 Å². The number of quaternary nitrogens is 1. The van der Waals surface area contributed by atoms with Crippen molar-refractivity contribution >= 4 is 7.60 Å². The lowest BCUT2D eigenvalue weighted by molar-refractivity contribution is -0.870. The SMILES string of the molecule is CCCCCCCCCCCCCCCCCCOCC(COP(=O)(O)CCC[N+](C)(C)C)OC. The zero-order valence-corrected chi connectivity index (χ0v) is 25.0. The lowest BCUT2D eigenvalue weighted by atomic mass is 10.0. The summed E-state index contributed by atoms with van der Waals surface area (Å²) in [5, 5.41) is 0. The van der Waals surface area contributed by atoms with E-state index in [4.69, 9.17) is 14.0 Å². The number of hydrogen-bond acceptors (Lipinski definition) is 4. The summed E-state index contributed by atoms with van der Waals surface area (Å²) in [4.78, 5) is 10.0. The zero-order valence-electron chi connectivity index (χ0n) is 24.1. The summed E-state index contributed by atoms with van der Waals surface area (Å²) in [6.45, 7) is 4.31. The highest BCUT2D eigenvalue weighted by atomic mass is 31.2. The van der Waals surface area contributed by atoms with Crippen LogP contribution in [-0.4, -0.2) is 76.3 Å². The molecule has 0 aromatic carbocycles. The number of ether oxygens (including phenoxy) is 2. The number of nitrogens with zero attached hydrogens (tertiary/aromatic N) is 1. The van der Waals surface area contributed by atoms with Gasteiger partial charge >= 0.3 is 7.60 Å². The van der Waals surface area contributed by atoms with Gasteiger partial charge in [-0.3, -0.25) is 4.57 Å². The highest BCUT2D eigenvalue weighted by Gasteiger charge is 2.23. The highest BCUT2D eigenvalue weighted by Crippen LogP contribution is 2.42.